The molecule has 108 valence electrons. The largest absolute Gasteiger partial charge is 0.478 e. The molecule has 2 aromatic rings. The molecular weight excluding hydrogens is 367 g/mol. The molecule has 0 aliphatic carbocycles. The van der Waals surface area contributed by atoms with E-state index in [0.29, 0.717) is 4.47 Å². The summed E-state index contributed by atoms with van der Waals surface area (Å²) >= 11 is 9.07. The number of halogens is 2. The fourth-order valence-corrected chi connectivity index (χ4v) is 2.13. The molecule has 0 aliphatic rings. The highest BCUT2D eigenvalue weighted by Gasteiger charge is 2.20. The number of carboxylic acids is 1. The van der Waals surface area contributed by atoms with Gasteiger partial charge in [0.15, 0.2) is 0 Å². The van der Waals surface area contributed by atoms with E-state index < -0.39 is 10.9 Å². The number of benzene rings is 1. The molecule has 0 amide bonds. The number of pyridine rings is 1. The van der Waals surface area contributed by atoms with Gasteiger partial charge in [-0.15, -0.1) is 0 Å². The number of nitro benzene ring substituents is 1. The van der Waals surface area contributed by atoms with Crippen LogP contribution in [0.5, 0.6) is 11.6 Å². The lowest BCUT2D eigenvalue weighted by Gasteiger charge is -2.07. The highest BCUT2D eigenvalue weighted by atomic mass is 79.9. The normalized spacial score (nSPS) is 10.2. The lowest BCUT2D eigenvalue weighted by molar-refractivity contribution is -0.385. The number of aromatic carboxylic acids is 1. The van der Waals surface area contributed by atoms with Gasteiger partial charge in [0, 0.05) is 22.8 Å². The van der Waals surface area contributed by atoms with Gasteiger partial charge in [0.25, 0.3) is 0 Å². The average Bonchev–Trinajstić information content (AvgIpc) is 2.41. The van der Waals surface area contributed by atoms with Gasteiger partial charge in [0.2, 0.25) is 11.6 Å². The zero-order valence-corrected chi connectivity index (χ0v) is 12.5. The Labute approximate surface area is 131 Å². The van der Waals surface area contributed by atoms with E-state index in [-0.39, 0.29) is 27.9 Å². The summed E-state index contributed by atoms with van der Waals surface area (Å²) in [6.45, 7) is 0. The van der Waals surface area contributed by atoms with Crippen LogP contribution >= 0.6 is 27.5 Å². The third-order valence-corrected chi connectivity index (χ3v) is 3.09. The summed E-state index contributed by atoms with van der Waals surface area (Å²) in [4.78, 5) is 25.1. The topological polar surface area (TPSA) is 103 Å². The van der Waals surface area contributed by atoms with Crippen molar-refractivity contribution in [2.75, 3.05) is 0 Å². The van der Waals surface area contributed by atoms with Crippen LogP contribution < -0.4 is 4.74 Å². The Bertz CT molecular complexity index is 738. The Balaban J connectivity index is 2.48. The van der Waals surface area contributed by atoms with Crippen molar-refractivity contribution in [2.24, 2.45) is 0 Å². The van der Waals surface area contributed by atoms with Gasteiger partial charge in [0.05, 0.1) is 10.5 Å². The summed E-state index contributed by atoms with van der Waals surface area (Å²) in [6.07, 6.45) is 1.40. The van der Waals surface area contributed by atoms with Gasteiger partial charge in [0.1, 0.15) is 5.02 Å². The van der Waals surface area contributed by atoms with Crippen molar-refractivity contribution in [2.45, 2.75) is 0 Å². The van der Waals surface area contributed by atoms with Crippen LogP contribution in [0, 0.1) is 10.1 Å². The van der Waals surface area contributed by atoms with E-state index in [0.717, 1.165) is 18.2 Å². The molecule has 0 bridgehead atoms. The first-order chi connectivity index (χ1) is 9.88. The van der Waals surface area contributed by atoms with Gasteiger partial charge in [-0.1, -0.05) is 11.6 Å². The minimum Gasteiger partial charge on any atom is -0.478 e. The predicted molar refractivity (Wildman–Crippen MR) is 77.1 cm³/mol. The Morgan fingerprint density at radius 2 is 2.14 bits per heavy atom. The number of nitro groups is 1. The third kappa shape index (κ3) is 3.47. The second kappa shape index (κ2) is 6.06. The number of hydrogen-bond donors (Lipinski definition) is 1. The highest BCUT2D eigenvalue weighted by molar-refractivity contribution is 9.10. The summed E-state index contributed by atoms with van der Waals surface area (Å²) in [5.74, 6) is -1.55. The van der Waals surface area contributed by atoms with Crippen LogP contribution in [0.2, 0.25) is 5.02 Å². The summed E-state index contributed by atoms with van der Waals surface area (Å²) in [7, 11) is 0. The number of nitrogens with zero attached hydrogens (tertiary/aromatic N) is 2. The summed E-state index contributed by atoms with van der Waals surface area (Å²) in [5, 5.41) is 20.0. The first-order valence-electron chi connectivity index (χ1n) is 5.39. The van der Waals surface area contributed by atoms with Crippen LogP contribution in [-0.4, -0.2) is 21.0 Å². The van der Waals surface area contributed by atoms with E-state index >= 15 is 0 Å². The van der Waals surface area contributed by atoms with E-state index in [1.165, 1.54) is 12.3 Å². The summed E-state index contributed by atoms with van der Waals surface area (Å²) < 4.78 is 5.88. The standard InChI is InChI=1S/C12H6BrClN2O5/c13-7-4-8(14)11(15-5-7)21-10-3-6(12(17)18)1-2-9(10)16(19)20/h1-5H,(H,17,18). The molecule has 0 aliphatic heterocycles. The van der Waals surface area contributed by atoms with Crippen molar-refractivity contribution in [1.82, 2.24) is 4.98 Å². The molecule has 0 saturated heterocycles. The molecule has 7 nitrogen and oxygen atoms in total. The predicted octanol–water partition coefficient (Wildman–Crippen LogP) is 3.90. The molecule has 1 aromatic carbocycles. The second-order valence-electron chi connectivity index (χ2n) is 3.79. The molecule has 1 heterocycles. The van der Waals surface area contributed by atoms with Crippen LogP contribution in [0.1, 0.15) is 10.4 Å². The molecule has 1 N–H and O–H groups in total. The SMILES string of the molecule is O=C(O)c1ccc([N+](=O)[O-])c(Oc2ncc(Br)cc2Cl)c1. The fraction of sp³-hybridized carbons (Fsp3) is 0. The summed E-state index contributed by atoms with van der Waals surface area (Å²) in [6, 6.07) is 4.70. The Hall–Kier alpha value is -2.19. The number of hydrogen-bond acceptors (Lipinski definition) is 5. The molecule has 0 unspecified atom stereocenters. The van der Waals surface area contributed by atoms with Gasteiger partial charge in [-0.2, -0.15) is 0 Å². The number of carbonyl (C=O) groups is 1. The molecule has 0 atom stereocenters. The quantitative estimate of drug-likeness (QED) is 0.644. The van der Waals surface area contributed by atoms with Crippen molar-refractivity contribution in [3.63, 3.8) is 0 Å². The van der Waals surface area contributed by atoms with E-state index in [9.17, 15) is 14.9 Å². The smallest absolute Gasteiger partial charge is 0.335 e. The zero-order chi connectivity index (χ0) is 15.6. The molecule has 0 saturated carbocycles. The van der Waals surface area contributed by atoms with Crippen molar-refractivity contribution in [1.29, 1.82) is 0 Å². The maximum absolute atomic E-state index is 10.9. The van der Waals surface area contributed by atoms with Crippen LogP contribution in [0.15, 0.2) is 34.9 Å². The lowest BCUT2D eigenvalue weighted by atomic mass is 10.2. The maximum atomic E-state index is 10.9. The van der Waals surface area contributed by atoms with Gasteiger partial charge in [-0.3, -0.25) is 10.1 Å². The molecule has 9 heteroatoms. The fourth-order valence-electron chi connectivity index (χ4n) is 1.46. The summed E-state index contributed by atoms with van der Waals surface area (Å²) in [5.41, 5.74) is -0.537. The minimum absolute atomic E-state index is 0.0643. The molecule has 0 spiro atoms. The second-order valence-corrected chi connectivity index (χ2v) is 5.11. The van der Waals surface area contributed by atoms with Gasteiger partial charge < -0.3 is 9.84 Å². The third-order valence-electron chi connectivity index (χ3n) is 2.38. The maximum Gasteiger partial charge on any atom is 0.335 e. The van der Waals surface area contributed by atoms with Crippen LogP contribution in [0.4, 0.5) is 5.69 Å². The molecule has 2 rings (SSSR count). The van der Waals surface area contributed by atoms with Crippen LogP contribution in [0.25, 0.3) is 0 Å². The molecule has 1 aromatic heterocycles. The van der Waals surface area contributed by atoms with Gasteiger partial charge in [-0.25, -0.2) is 9.78 Å². The Kier molecular flexibility index (Phi) is 4.39. The number of ether oxygens (including phenoxy) is 1. The van der Waals surface area contributed by atoms with Gasteiger partial charge in [-0.05, 0) is 28.1 Å². The van der Waals surface area contributed by atoms with E-state index in [4.69, 9.17) is 21.4 Å². The van der Waals surface area contributed by atoms with Crippen LogP contribution in [-0.2, 0) is 0 Å². The van der Waals surface area contributed by atoms with Gasteiger partial charge >= 0.3 is 11.7 Å². The zero-order valence-electron chi connectivity index (χ0n) is 10.1. The van der Waals surface area contributed by atoms with E-state index in [1.807, 2.05) is 0 Å². The molecule has 0 radical (unpaired) electrons. The lowest BCUT2D eigenvalue weighted by Crippen LogP contribution is -2.00. The Morgan fingerprint density at radius 1 is 1.43 bits per heavy atom. The van der Waals surface area contributed by atoms with Crippen molar-refractivity contribution in [3.8, 4) is 11.6 Å². The highest BCUT2D eigenvalue weighted by Crippen LogP contribution is 2.35. The van der Waals surface area contributed by atoms with E-state index in [1.54, 1.807) is 0 Å². The molecular formula is C12H6BrClN2O5. The molecule has 21 heavy (non-hydrogen) atoms. The number of aromatic nitrogens is 1. The number of carboxylic acid groups (broad SMARTS) is 1. The first kappa shape index (κ1) is 15.2. The number of rotatable bonds is 4. The van der Waals surface area contributed by atoms with Crippen molar-refractivity contribution < 1.29 is 19.6 Å². The monoisotopic (exact) mass is 372 g/mol. The molecule has 0 fully saturated rings. The van der Waals surface area contributed by atoms with E-state index in [2.05, 4.69) is 20.9 Å². The van der Waals surface area contributed by atoms with Crippen LogP contribution in [0.3, 0.4) is 0 Å². The Morgan fingerprint density at radius 3 is 2.71 bits per heavy atom. The van der Waals surface area contributed by atoms with Crippen molar-refractivity contribution >= 4 is 39.2 Å². The first-order valence-corrected chi connectivity index (χ1v) is 6.56. The van der Waals surface area contributed by atoms with Crippen molar-refractivity contribution in [3.05, 3.63) is 55.6 Å². The minimum atomic E-state index is -1.23. The average molecular weight is 374 g/mol.